The predicted molar refractivity (Wildman–Crippen MR) is 96.2 cm³/mol. The van der Waals surface area contributed by atoms with Gasteiger partial charge in [0.2, 0.25) is 0 Å². The van der Waals surface area contributed by atoms with Gasteiger partial charge in [0.15, 0.2) is 0 Å². The molecule has 0 N–H and O–H groups in total. The van der Waals surface area contributed by atoms with Crippen LogP contribution in [0.5, 0.6) is 5.75 Å². The Morgan fingerprint density at radius 3 is 2.68 bits per heavy atom. The monoisotopic (exact) mass is 334 g/mol. The van der Waals surface area contributed by atoms with Gasteiger partial charge in [-0.2, -0.15) is 0 Å². The molecule has 0 amide bonds. The van der Waals surface area contributed by atoms with E-state index in [1.165, 1.54) is 0 Å². The van der Waals surface area contributed by atoms with E-state index in [0.29, 0.717) is 0 Å². The average molecular weight is 334 g/mol. The van der Waals surface area contributed by atoms with E-state index >= 15 is 0 Å². The van der Waals surface area contributed by atoms with Gasteiger partial charge in [-0.25, -0.2) is 4.98 Å². The Bertz CT molecular complexity index is 879. The molecule has 128 valence electrons. The third-order valence-corrected chi connectivity index (χ3v) is 5.77. The molecule has 1 aromatic carbocycles. The molecule has 1 aliphatic carbocycles. The molecule has 0 radical (unpaired) electrons. The maximum Gasteiger partial charge on any atom is 0.123 e. The lowest BCUT2D eigenvalue weighted by molar-refractivity contribution is 0.226. The van der Waals surface area contributed by atoms with E-state index in [1.54, 1.807) is 0 Å². The van der Waals surface area contributed by atoms with Gasteiger partial charge in [-0.1, -0.05) is 18.2 Å². The first kappa shape index (κ1) is 14.9. The van der Waals surface area contributed by atoms with Crippen LogP contribution < -0.4 is 4.74 Å². The molecule has 0 bridgehead atoms. The SMILES string of the molecule is Cn1c(CN2C[C@@H]3C(COc4ccccc4)[C@@H]3C2)nc2cnccc21. The second-order valence-corrected chi connectivity index (χ2v) is 7.26. The Balaban J connectivity index is 1.18. The Kier molecular flexibility index (Phi) is 3.48. The Morgan fingerprint density at radius 1 is 1.12 bits per heavy atom. The molecule has 1 saturated carbocycles. The number of hydrogen-bond donors (Lipinski definition) is 0. The minimum absolute atomic E-state index is 0.723. The summed E-state index contributed by atoms with van der Waals surface area (Å²) in [5.41, 5.74) is 2.14. The number of likely N-dealkylation sites (tertiary alicyclic amines) is 1. The third kappa shape index (κ3) is 2.68. The highest BCUT2D eigenvalue weighted by Gasteiger charge is 2.55. The van der Waals surface area contributed by atoms with Gasteiger partial charge in [-0.3, -0.25) is 9.88 Å². The first-order valence-electron chi connectivity index (χ1n) is 8.95. The minimum Gasteiger partial charge on any atom is -0.493 e. The van der Waals surface area contributed by atoms with E-state index in [2.05, 4.69) is 21.5 Å². The van der Waals surface area contributed by atoms with Crippen LogP contribution >= 0.6 is 0 Å². The molecule has 1 aliphatic heterocycles. The van der Waals surface area contributed by atoms with Crippen molar-refractivity contribution >= 4 is 11.0 Å². The second-order valence-electron chi connectivity index (χ2n) is 7.26. The Morgan fingerprint density at radius 2 is 1.92 bits per heavy atom. The number of aromatic nitrogens is 3. The molecule has 3 heterocycles. The lowest BCUT2D eigenvalue weighted by atomic mass is 10.2. The topological polar surface area (TPSA) is 43.2 Å². The molecule has 25 heavy (non-hydrogen) atoms. The number of aryl methyl sites for hydroxylation is 1. The molecule has 2 aromatic heterocycles. The summed E-state index contributed by atoms with van der Waals surface area (Å²) in [7, 11) is 2.10. The third-order valence-electron chi connectivity index (χ3n) is 5.77. The summed E-state index contributed by atoms with van der Waals surface area (Å²) < 4.78 is 8.13. The smallest absolute Gasteiger partial charge is 0.123 e. The highest BCUT2D eigenvalue weighted by molar-refractivity contribution is 5.74. The number of ether oxygens (including phenoxy) is 1. The molecule has 1 saturated heterocycles. The van der Waals surface area contributed by atoms with Crippen molar-refractivity contribution in [2.24, 2.45) is 24.8 Å². The lowest BCUT2D eigenvalue weighted by Crippen LogP contribution is -2.26. The summed E-state index contributed by atoms with van der Waals surface area (Å²) in [6, 6.07) is 12.2. The quantitative estimate of drug-likeness (QED) is 0.720. The van der Waals surface area contributed by atoms with Gasteiger partial charge in [0.25, 0.3) is 0 Å². The summed E-state index contributed by atoms with van der Waals surface area (Å²) in [4.78, 5) is 11.4. The summed E-state index contributed by atoms with van der Waals surface area (Å²) in [5, 5.41) is 0. The molecule has 5 heteroatoms. The summed E-state index contributed by atoms with van der Waals surface area (Å²) in [5.74, 6) is 4.42. The molecule has 1 unspecified atom stereocenters. The number of nitrogens with zero attached hydrogens (tertiary/aromatic N) is 4. The van der Waals surface area contributed by atoms with E-state index < -0.39 is 0 Å². The van der Waals surface area contributed by atoms with Gasteiger partial charge in [-0.15, -0.1) is 0 Å². The zero-order chi connectivity index (χ0) is 16.8. The van der Waals surface area contributed by atoms with Gasteiger partial charge in [0.05, 0.1) is 24.9 Å². The molecule has 3 aromatic rings. The number of pyridine rings is 1. The standard InChI is InChI=1S/C20H22N4O/c1-23-19-7-8-21-9-18(19)22-20(23)12-24-10-15-16(11-24)17(15)13-25-14-5-3-2-4-6-14/h2-9,15-17H,10-13H2,1H3/t15-,16+,17?. The van der Waals surface area contributed by atoms with Crippen molar-refractivity contribution in [3.05, 3.63) is 54.6 Å². The van der Waals surface area contributed by atoms with Crippen molar-refractivity contribution in [2.45, 2.75) is 6.54 Å². The fourth-order valence-corrected chi connectivity index (χ4v) is 4.27. The lowest BCUT2D eigenvalue weighted by Gasteiger charge is -2.19. The van der Waals surface area contributed by atoms with Crippen molar-refractivity contribution in [3.63, 3.8) is 0 Å². The van der Waals surface area contributed by atoms with Crippen LogP contribution in [0.15, 0.2) is 48.8 Å². The molecular formula is C20H22N4O. The van der Waals surface area contributed by atoms with Gasteiger partial charge >= 0.3 is 0 Å². The van der Waals surface area contributed by atoms with Crippen molar-refractivity contribution < 1.29 is 4.74 Å². The number of hydrogen-bond acceptors (Lipinski definition) is 4. The fraction of sp³-hybridized carbons (Fsp3) is 0.400. The average Bonchev–Trinajstić information content (AvgIpc) is 2.97. The second kappa shape index (κ2) is 5.85. The summed E-state index contributed by atoms with van der Waals surface area (Å²) in [6.45, 7) is 4.10. The van der Waals surface area contributed by atoms with E-state index in [4.69, 9.17) is 9.72 Å². The maximum atomic E-state index is 5.94. The van der Waals surface area contributed by atoms with Gasteiger partial charge < -0.3 is 9.30 Å². The van der Waals surface area contributed by atoms with Crippen LogP contribution in [0, 0.1) is 17.8 Å². The largest absolute Gasteiger partial charge is 0.493 e. The Hall–Kier alpha value is -2.40. The number of fused-ring (bicyclic) bond motifs is 2. The van der Waals surface area contributed by atoms with E-state index in [-0.39, 0.29) is 0 Å². The van der Waals surface area contributed by atoms with E-state index in [9.17, 15) is 0 Å². The van der Waals surface area contributed by atoms with Gasteiger partial charge in [0, 0.05) is 32.3 Å². The minimum atomic E-state index is 0.723. The van der Waals surface area contributed by atoms with Crippen LogP contribution in [0.25, 0.3) is 11.0 Å². The number of para-hydroxylation sites is 1. The molecular weight excluding hydrogens is 312 g/mol. The van der Waals surface area contributed by atoms with Crippen LogP contribution in [-0.2, 0) is 13.6 Å². The van der Waals surface area contributed by atoms with Crippen molar-refractivity contribution in [1.82, 2.24) is 19.4 Å². The summed E-state index contributed by atoms with van der Waals surface area (Å²) in [6.07, 6.45) is 3.67. The van der Waals surface area contributed by atoms with Crippen LogP contribution in [-0.4, -0.2) is 39.1 Å². The summed E-state index contributed by atoms with van der Waals surface area (Å²) >= 11 is 0. The maximum absolute atomic E-state index is 5.94. The van der Waals surface area contributed by atoms with Crippen LogP contribution in [0.3, 0.4) is 0 Å². The van der Waals surface area contributed by atoms with Crippen molar-refractivity contribution in [3.8, 4) is 5.75 Å². The highest BCUT2D eigenvalue weighted by atomic mass is 16.5. The van der Waals surface area contributed by atoms with E-state index in [1.807, 2.05) is 48.8 Å². The molecule has 2 fully saturated rings. The Labute approximate surface area is 147 Å². The van der Waals surface area contributed by atoms with Gasteiger partial charge in [-0.05, 0) is 30.0 Å². The molecule has 3 atom stereocenters. The van der Waals surface area contributed by atoms with Crippen molar-refractivity contribution in [2.75, 3.05) is 19.7 Å². The first-order chi connectivity index (χ1) is 12.3. The van der Waals surface area contributed by atoms with Crippen LogP contribution in [0.4, 0.5) is 0 Å². The van der Waals surface area contributed by atoms with Crippen LogP contribution in [0.2, 0.25) is 0 Å². The van der Waals surface area contributed by atoms with Crippen molar-refractivity contribution in [1.29, 1.82) is 0 Å². The first-order valence-corrected chi connectivity index (χ1v) is 8.95. The molecule has 5 rings (SSSR count). The number of imidazole rings is 1. The number of benzene rings is 1. The van der Waals surface area contributed by atoms with Gasteiger partial charge in [0.1, 0.15) is 17.1 Å². The normalized spacial score (nSPS) is 25.2. The zero-order valence-corrected chi connectivity index (χ0v) is 14.4. The van der Waals surface area contributed by atoms with E-state index in [0.717, 1.165) is 66.6 Å². The molecule has 0 spiro atoms. The highest BCUT2D eigenvalue weighted by Crippen LogP contribution is 2.52. The molecule has 2 aliphatic rings. The fourth-order valence-electron chi connectivity index (χ4n) is 4.27. The number of piperidine rings is 1. The zero-order valence-electron chi connectivity index (χ0n) is 14.4. The number of rotatable bonds is 5. The molecule has 5 nitrogen and oxygen atoms in total. The predicted octanol–water partition coefficient (Wildman–Crippen LogP) is 2.73. The van der Waals surface area contributed by atoms with Crippen LogP contribution in [0.1, 0.15) is 5.82 Å².